The monoisotopic (exact) mass is 260 g/mol. The van der Waals surface area contributed by atoms with E-state index in [2.05, 4.69) is 32.0 Å². The average molecular weight is 261 g/mol. The normalized spacial score (nSPS) is 10.9. The molecule has 0 fully saturated rings. The molecule has 0 aromatic heterocycles. The van der Waals surface area contributed by atoms with Crippen LogP contribution in [0, 0.1) is 0 Å². The summed E-state index contributed by atoms with van der Waals surface area (Å²) in [6.07, 6.45) is 0. The topological polar surface area (TPSA) is 20.2 Å². The number of aliphatic hydroxyl groups excluding tert-OH is 1. The van der Waals surface area contributed by atoms with E-state index < -0.39 is 0 Å². The summed E-state index contributed by atoms with van der Waals surface area (Å²) in [7, 11) is 0. The molecule has 0 aliphatic heterocycles. The molecule has 0 saturated carbocycles. The Hall–Kier alpha value is -1.31. The molecular formula is C16H17ClO. The van der Waals surface area contributed by atoms with Gasteiger partial charge in [-0.25, -0.2) is 0 Å². The van der Waals surface area contributed by atoms with Crippen LogP contribution in [0.1, 0.15) is 30.9 Å². The summed E-state index contributed by atoms with van der Waals surface area (Å²) in [5, 5.41) is 9.92. The minimum Gasteiger partial charge on any atom is -0.392 e. The van der Waals surface area contributed by atoms with E-state index in [1.54, 1.807) is 6.07 Å². The maximum atomic E-state index is 9.25. The SMILES string of the molecule is CC(C)c1ccccc1-c1cc(Cl)cc(CO)c1. The molecule has 2 rings (SSSR count). The van der Waals surface area contributed by atoms with Gasteiger partial charge in [0.1, 0.15) is 0 Å². The first-order valence-corrected chi connectivity index (χ1v) is 6.49. The lowest BCUT2D eigenvalue weighted by Gasteiger charge is -2.13. The molecule has 0 aliphatic rings. The van der Waals surface area contributed by atoms with Crippen molar-refractivity contribution in [2.24, 2.45) is 0 Å². The fourth-order valence-corrected chi connectivity index (χ4v) is 2.42. The van der Waals surface area contributed by atoms with Crippen molar-refractivity contribution >= 4 is 11.6 Å². The average Bonchev–Trinajstić information content (AvgIpc) is 2.38. The van der Waals surface area contributed by atoms with Crippen LogP contribution in [0.25, 0.3) is 11.1 Å². The van der Waals surface area contributed by atoms with Crippen molar-refractivity contribution in [3.8, 4) is 11.1 Å². The maximum Gasteiger partial charge on any atom is 0.0682 e. The quantitative estimate of drug-likeness (QED) is 0.854. The zero-order valence-electron chi connectivity index (χ0n) is 10.7. The number of rotatable bonds is 3. The zero-order valence-corrected chi connectivity index (χ0v) is 11.4. The second kappa shape index (κ2) is 5.55. The minimum atomic E-state index is 0.0113. The zero-order chi connectivity index (χ0) is 13.1. The summed E-state index contributed by atoms with van der Waals surface area (Å²) in [5.41, 5.74) is 4.39. The van der Waals surface area contributed by atoms with Gasteiger partial charge in [-0.15, -0.1) is 0 Å². The molecule has 0 aliphatic carbocycles. The van der Waals surface area contributed by atoms with Gasteiger partial charge in [0.05, 0.1) is 6.61 Å². The lowest BCUT2D eigenvalue weighted by molar-refractivity contribution is 0.282. The molecule has 0 bridgehead atoms. The Balaban J connectivity index is 2.58. The number of benzene rings is 2. The highest BCUT2D eigenvalue weighted by molar-refractivity contribution is 6.31. The Labute approximate surface area is 113 Å². The van der Waals surface area contributed by atoms with Gasteiger partial charge in [-0.05, 0) is 46.4 Å². The van der Waals surface area contributed by atoms with E-state index in [-0.39, 0.29) is 6.61 Å². The van der Waals surface area contributed by atoms with Crippen molar-refractivity contribution in [1.82, 2.24) is 0 Å². The third kappa shape index (κ3) is 2.74. The number of halogens is 1. The molecule has 18 heavy (non-hydrogen) atoms. The van der Waals surface area contributed by atoms with Crippen LogP contribution in [0.4, 0.5) is 0 Å². The number of aliphatic hydroxyl groups is 1. The molecule has 94 valence electrons. The largest absolute Gasteiger partial charge is 0.392 e. The molecule has 0 saturated heterocycles. The lowest BCUT2D eigenvalue weighted by Crippen LogP contribution is -1.93. The fourth-order valence-electron chi connectivity index (χ4n) is 2.16. The molecule has 0 amide bonds. The molecule has 0 spiro atoms. The molecule has 1 N–H and O–H groups in total. The standard InChI is InChI=1S/C16H17ClO/c1-11(2)15-5-3-4-6-16(15)13-7-12(10-18)8-14(17)9-13/h3-9,11,18H,10H2,1-2H3. The second-order valence-electron chi connectivity index (χ2n) is 4.75. The third-order valence-electron chi connectivity index (χ3n) is 3.03. The Morgan fingerprint density at radius 2 is 1.83 bits per heavy atom. The van der Waals surface area contributed by atoms with Crippen LogP contribution < -0.4 is 0 Å². The predicted octanol–water partition coefficient (Wildman–Crippen LogP) is 4.62. The number of hydrogen-bond acceptors (Lipinski definition) is 1. The molecule has 0 unspecified atom stereocenters. The summed E-state index contributed by atoms with van der Waals surface area (Å²) >= 11 is 6.10. The van der Waals surface area contributed by atoms with Crippen molar-refractivity contribution in [3.63, 3.8) is 0 Å². The van der Waals surface area contributed by atoms with Gasteiger partial charge >= 0.3 is 0 Å². The predicted molar refractivity (Wildman–Crippen MR) is 76.9 cm³/mol. The second-order valence-corrected chi connectivity index (χ2v) is 5.18. The summed E-state index contributed by atoms with van der Waals surface area (Å²) in [4.78, 5) is 0. The van der Waals surface area contributed by atoms with Crippen molar-refractivity contribution in [3.05, 3.63) is 58.6 Å². The van der Waals surface area contributed by atoms with Crippen LogP contribution in [0.5, 0.6) is 0 Å². The highest BCUT2D eigenvalue weighted by Crippen LogP contribution is 2.31. The Morgan fingerprint density at radius 1 is 1.11 bits per heavy atom. The van der Waals surface area contributed by atoms with Gasteiger partial charge < -0.3 is 5.11 Å². The van der Waals surface area contributed by atoms with E-state index in [1.165, 1.54) is 11.1 Å². The van der Waals surface area contributed by atoms with E-state index in [0.29, 0.717) is 10.9 Å². The van der Waals surface area contributed by atoms with Gasteiger partial charge in [0.25, 0.3) is 0 Å². The summed E-state index contributed by atoms with van der Waals surface area (Å²) in [6, 6.07) is 14.1. The van der Waals surface area contributed by atoms with Crippen molar-refractivity contribution in [2.75, 3.05) is 0 Å². The first-order chi connectivity index (χ1) is 8.61. The van der Waals surface area contributed by atoms with Crippen LogP contribution in [-0.4, -0.2) is 5.11 Å². The lowest BCUT2D eigenvalue weighted by atomic mass is 9.92. The van der Waals surface area contributed by atoms with Gasteiger partial charge in [0.15, 0.2) is 0 Å². The smallest absolute Gasteiger partial charge is 0.0682 e. The molecule has 0 radical (unpaired) electrons. The van der Waals surface area contributed by atoms with E-state index in [0.717, 1.165) is 11.1 Å². The molecule has 2 heteroatoms. The highest BCUT2D eigenvalue weighted by Gasteiger charge is 2.09. The van der Waals surface area contributed by atoms with Gasteiger partial charge in [0, 0.05) is 5.02 Å². The third-order valence-corrected chi connectivity index (χ3v) is 3.25. The Bertz CT molecular complexity index is 547. The van der Waals surface area contributed by atoms with Crippen molar-refractivity contribution in [1.29, 1.82) is 0 Å². The Morgan fingerprint density at radius 3 is 2.50 bits per heavy atom. The first-order valence-electron chi connectivity index (χ1n) is 6.11. The van der Waals surface area contributed by atoms with Crippen LogP contribution >= 0.6 is 11.6 Å². The number of hydrogen-bond donors (Lipinski definition) is 1. The first kappa shape index (κ1) is 13.1. The van der Waals surface area contributed by atoms with Crippen molar-refractivity contribution in [2.45, 2.75) is 26.4 Å². The summed E-state index contributed by atoms with van der Waals surface area (Å²) < 4.78 is 0. The molecular weight excluding hydrogens is 244 g/mol. The molecule has 0 heterocycles. The van der Waals surface area contributed by atoms with E-state index >= 15 is 0 Å². The summed E-state index contributed by atoms with van der Waals surface area (Å²) in [5.74, 6) is 0.456. The maximum absolute atomic E-state index is 9.25. The minimum absolute atomic E-state index is 0.0113. The van der Waals surface area contributed by atoms with Crippen molar-refractivity contribution < 1.29 is 5.11 Å². The van der Waals surface area contributed by atoms with Crippen LogP contribution in [0.2, 0.25) is 5.02 Å². The van der Waals surface area contributed by atoms with Gasteiger partial charge in [-0.2, -0.15) is 0 Å². The van der Waals surface area contributed by atoms with E-state index in [9.17, 15) is 5.11 Å². The van der Waals surface area contributed by atoms with E-state index in [4.69, 9.17) is 11.6 Å². The summed E-state index contributed by atoms with van der Waals surface area (Å²) in [6.45, 7) is 4.37. The molecule has 1 nitrogen and oxygen atoms in total. The van der Waals surface area contributed by atoms with Crippen LogP contribution in [0.15, 0.2) is 42.5 Å². The molecule has 2 aromatic carbocycles. The molecule has 2 aromatic rings. The van der Waals surface area contributed by atoms with Crippen LogP contribution in [-0.2, 0) is 6.61 Å². The highest BCUT2D eigenvalue weighted by atomic mass is 35.5. The van der Waals surface area contributed by atoms with Gasteiger partial charge in [-0.1, -0.05) is 49.7 Å². The van der Waals surface area contributed by atoms with Gasteiger partial charge in [0.2, 0.25) is 0 Å². The fraction of sp³-hybridized carbons (Fsp3) is 0.250. The van der Waals surface area contributed by atoms with E-state index in [1.807, 2.05) is 18.2 Å². The molecule has 0 atom stereocenters. The van der Waals surface area contributed by atoms with Gasteiger partial charge in [-0.3, -0.25) is 0 Å². The Kier molecular flexibility index (Phi) is 4.05. The van der Waals surface area contributed by atoms with Crippen LogP contribution in [0.3, 0.4) is 0 Å².